The van der Waals surface area contributed by atoms with Crippen molar-refractivity contribution in [3.05, 3.63) is 170 Å². The van der Waals surface area contributed by atoms with Crippen molar-refractivity contribution in [3.63, 3.8) is 0 Å². The summed E-state index contributed by atoms with van der Waals surface area (Å²) in [5.74, 6) is 0. The van der Waals surface area contributed by atoms with Gasteiger partial charge in [0.15, 0.2) is 0 Å². The van der Waals surface area contributed by atoms with Crippen LogP contribution in [0, 0.1) is 0 Å². The molecule has 0 N–H and O–H groups in total. The zero-order valence-corrected chi connectivity index (χ0v) is 24.9. The summed E-state index contributed by atoms with van der Waals surface area (Å²) in [4.78, 5) is 0. The molecule has 0 saturated carbocycles. The lowest BCUT2D eigenvalue weighted by molar-refractivity contribution is 0.669. The van der Waals surface area contributed by atoms with Crippen LogP contribution in [-0.4, -0.2) is 0 Å². The van der Waals surface area contributed by atoms with Gasteiger partial charge < -0.3 is 4.42 Å². The van der Waals surface area contributed by atoms with E-state index >= 15 is 0 Å². The zero-order chi connectivity index (χ0) is 38.7. The molecule has 0 atom stereocenters. The zero-order valence-electron chi connectivity index (χ0n) is 33.9. The average molecular weight is 606 g/mol. The minimum atomic E-state index is -0.532. The maximum absolute atomic E-state index is 9.50. The van der Waals surface area contributed by atoms with Crippen molar-refractivity contribution in [3.8, 4) is 33.4 Å². The van der Waals surface area contributed by atoms with Crippen molar-refractivity contribution in [1.82, 2.24) is 0 Å². The molecule has 0 fully saturated rings. The Balaban J connectivity index is 1.39. The van der Waals surface area contributed by atoms with Gasteiger partial charge in [0.05, 0.1) is 12.3 Å². The molecule has 0 bridgehead atoms. The first-order valence-corrected chi connectivity index (χ1v) is 15.5. The highest BCUT2D eigenvalue weighted by atomic mass is 16.3. The molecule has 218 valence electrons. The van der Waals surface area contributed by atoms with Crippen LogP contribution in [0.15, 0.2) is 174 Å². The molecule has 9 aromatic carbocycles. The Morgan fingerprint density at radius 3 is 1.57 bits per heavy atom. The largest absolute Gasteiger partial charge is 0.456 e. The fourth-order valence-electron chi connectivity index (χ4n) is 7.18. The van der Waals surface area contributed by atoms with E-state index in [4.69, 9.17) is 14.0 Å². The van der Waals surface area contributed by atoms with Gasteiger partial charge in [-0.1, -0.05) is 152 Å². The summed E-state index contributed by atoms with van der Waals surface area (Å²) >= 11 is 0. The summed E-state index contributed by atoms with van der Waals surface area (Å²) in [6.45, 7) is 0. The summed E-state index contributed by atoms with van der Waals surface area (Å²) in [5, 5.41) is 5.37. The van der Waals surface area contributed by atoms with Crippen LogP contribution in [0.25, 0.3) is 98.4 Å². The second-order valence-corrected chi connectivity index (χ2v) is 11.7. The predicted molar refractivity (Wildman–Crippen MR) is 200 cm³/mol. The van der Waals surface area contributed by atoms with Crippen molar-refractivity contribution in [2.24, 2.45) is 0 Å². The van der Waals surface area contributed by atoms with Crippen molar-refractivity contribution >= 4 is 65.0 Å². The van der Waals surface area contributed by atoms with Gasteiger partial charge in [0.25, 0.3) is 0 Å². The second-order valence-electron chi connectivity index (χ2n) is 11.7. The minimum absolute atomic E-state index is 0.0549. The molecule has 1 aromatic heterocycles. The highest BCUT2D eigenvalue weighted by Crippen LogP contribution is 2.48. The van der Waals surface area contributed by atoms with Crippen LogP contribution in [0.4, 0.5) is 0 Å². The van der Waals surface area contributed by atoms with Gasteiger partial charge in [-0.15, -0.1) is 0 Å². The third kappa shape index (κ3) is 3.90. The van der Waals surface area contributed by atoms with Gasteiger partial charge in [0.2, 0.25) is 0 Å². The van der Waals surface area contributed by atoms with E-state index in [2.05, 4.69) is 36.4 Å². The molecule has 47 heavy (non-hydrogen) atoms. The van der Waals surface area contributed by atoms with Crippen molar-refractivity contribution in [2.75, 3.05) is 0 Å². The summed E-state index contributed by atoms with van der Waals surface area (Å²) in [7, 11) is 0. The van der Waals surface area contributed by atoms with Crippen LogP contribution in [0.1, 0.15) is 12.3 Å². The molecule has 10 rings (SSSR count). The van der Waals surface area contributed by atoms with E-state index in [0.29, 0.717) is 5.56 Å². The number of hydrogen-bond acceptors (Lipinski definition) is 1. The van der Waals surface area contributed by atoms with Crippen LogP contribution in [0.5, 0.6) is 0 Å². The lowest BCUT2D eigenvalue weighted by atomic mass is 9.83. The Hall–Kier alpha value is -6.18. The number of benzene rings is 9. The fourth-order valence-corrected chi connectivity index (χ4v) is 7.18. The maximum Gasteiger partial charge on any atom is 0.136 e. The Morgan fingerprint density at radius 1 is 0.383 bits per heavy atom. The van der Waals surface area contributed by atoms with Gasteiger partial charge in [0.1, 0.15) is 11.2 Å². The number of hydrogen-bond donors (Lipinski definition) is 0. The van der Waals surface area contributed by atoms with Crippen LogP contribution in [0.2, 0.25) is 0 Å². The van der Waals surface area contributed by atoms with Crippen LogP contribution >= 0.6 is 0 Å². The summed E-state index contributed by atoms with van der Waals surface area (Å²) in [6, 6.07) is 35.0. The average Bonchev–Trinajstić information content (AvgIpc) is 3.64. The van der Waals surface area contributed by atoms with E-state index in [-0.39, 0.29) is 62.4 Å². The first kappa shape index (κ1) is 18.7. The van der Waals surface area contributed by atoms with Crippen molar-refractivity contribution in [1.29, 1.82) is 0 Å². The molecular weight excluding hydrogens is 569 g/mol. The maximum atomic E-state index is 9.50. The highest BCUT2D eigenvalue weighted by Gasteiger charge is 2.21. The molecule has 0 aliphatic rings. The van der Waals surface area contributed by atoms with Gasteiger partial charge in [-0.25, -0.2) is 0 Å². The van der Waals surface area contributed by atoms with Gasteiger partial charge in [0, 0.05) is 10.8 Å². The Morgan fingerprint density at radius 2 is 0.915 bits per heavy atom. The molecule has 0 saturated heterocycles. The molecule has 0 aliphatic carbocycles. The fraction of sp³-hybridized carbons (Fsp3) is 0. The molecule has 0 radical (unpaired) electrons. The number of fused-ring (bicyclic) bond motifs is 7. The quantitative estimate of drug-likeness (QED) is 0.183. The number of furan rings is 1. The Bertz CT molecular complexity index is 3300. The normalized spacial score (nSPS) is 14.5. The second kappa shape index (κ2) is 10.2. The standard InChI is InChI=1S/C46H28O/c1-2-13-29(14-3-1)32-25-26-39(34-18-7-6-17-33(32)34)44-35-19-8-10-21-37(35)45(38-22-11-9-20-36(38)44)40-23-12-24-42-46(40)41-27-30-15-4-5-16-31(30)28-43(41)47-42/h1-28H/i4D,5D,12D,15D,16D,23D,24D,27D,28D. The molecular formula is C46H28O. The lowest BCUT2D eigenvalue weighted by Gasteiger charge is -2.20. The molecule has 10 aromatic rings. The van der Waals surface area contributed by atoms with E-state index in [1.165, 1.54) is 0 Å². The van der Waals surface area contributed by atoms with Crippen LogP contribution < -0.4 is 0 Å². The van der Waals surface area contributed by atoms with E-state index in [1.54, 1.807) is 0 Å². The Kier molecular flexibility index (Phi) is 4.05. The molecule has 0 unspecified atom stereocenters. The van der Waals surface area contributed by atoms with Gasteiger partial charge in [-0.05, 0) is 94.6 Å². The van der Waals surface area contributed by atoms with Crippen molar-refractivity contribution in [2.45, 2.75) is 0 Å². The van der Waals surface area contributed by atoms with Crippen LogP contribution in [0.3, 0.4) is 0 Å². The molecule has 1 nitrogen and oxygen atoms in total. The molecule has 0 amide bonds. The summed E-state index contributed by atoms with van der Waals surface area (Å²) < 4.78 is 86.3. The smallest absolute Gasteiger partial charge is 0.136 e. The minimum Gasteiger partial charge on any atom is -0.456 e. The summed E-state index contributed by atoms with van der Waals surface area (Å²) in [6.07, 6.45) is 0. The van der Waals surface area contributed by atoms with Gasteiger partial charge in [-0.2, -0.15) is 0 Å². The lowest BCUT2D eigenvalue weighted by Crippen LogP contribution is -1.92. The molecule has 0 spiro atoms. The van der Waals surface area contributed by atoms with E-state index in [0.717, 1.165) is 54.6 Å². The van der Waals surface area contributed by atoms with E-state index in [1.807, 2.05) is 78.9 Å². The van der Waals surface area contributed by atoms with Crippen LogP contribution in [-0.2, 0) is 0 Å². The highest BCUT2D eigenvalue weighted by molar-refractivity contribution is 6.27. The third-order valence-corrected chi connectivity index (χ3v) is 9.16. The third-order valence-electron chi connectivity index (χ3n) is 9.16. The predicted octanol–water partition coefficient (Wildman–Crippen LogP) is 13.2. The molecule has 0 aliphatic heterocycles. The Labute approximate surface area is 284 Å². The first-order valence-electron chi connectivity index (χ1n) is 20.0. The van der Waals surface area contributed by atoms with Gasteiger partial charge in [-0.3, -0.25) is 0 Å². The summed E-state index contributed by atoms with van der Waals surface area (Å²) in [5.41, 5.74) is 4.82. The number of rotatable bonds is 3. The molecule has 1 heteroatoms. The van der Waals surface area contributed by atoms with Crippen molar-refractivity contribution < 1.29 is 16.8 Å². The van der Waals surface area contributed by atoms with Gasteiger partial charge >= 0.3 is 0 Å². The van der Waals surface area contributed by atoms with E-state index < -0.39 is 30.2 Å². The first-order chi connectivity index (χ1) is 27.1. The molecule has 1 heterocycles. The van der Waals surface area contributed by atoms with E-state index in [9.17, 15) is 2.74 Å². The topological polar surface area (TPSA) is 13.1 Å². The monoisotopic (exact) mass is 605 g/mol. The SMILES string of the molecule is [2H]c1c([2H])c(-c2c3ccccc3c(-c3ccc(-c4ccccc4)c4ccccc34)c3ccccc23)c2c(oc3c([2H])c4c([2H])c([2H])c([2H])c([2H])c4c([2H])c32)c1[2H].